The zero-order valence-electron chi connectivity index (χ0n) is 8.10. The van der Waals surface area contributed by atoms with E-state index in [-0.39, 0.29) is 5.16 Å². The van der Waals surface area contributed by atoms with E-state index in [4.69, 9.17) is 5.11 Å². The molecule has 1 aromatic heterocycles. The summed E-state index contributed by atoms with van der Waals surface area (Å²) < 4.78 is 38.1. The topological polar surface area (TPSA) is 68.0 Å². The van der Waals surface area contributed by atoms with Crippen LogP contribution in [-0.4, -0.2) is 37.8 Å². The van der Waals surface area contributed by atoms with E-state index < -0.39 is 23.8 Å². The number of hydrogen-bond acceptors (Lipinski definition) is 4. The summed E-state index contributed by atoms with van der Waals surface area (Å²) in [6, 6.07) is 0. The molecule has 0 saturated carbocycles. The number of aryl methyl sites for hydroxylation is 1. The summed E-state index contributed by atoms with van der Waals surface area (Å²) in [5, 5.41) is 12.3. The highest BCUT2D eigenvalue weighted by molar-refractivity contribution is 7.99. The molecule has 16 heavy (non-hydrogen) atoms. The van der Waals surface area contributed by atoms with E-state index in [2.05, 4.69) is 10.1 Å². The van der Waals surface area contributed by atoms with E-state index >= 15 is 0 Å². The van der Waals surface area contributed by atoms with Crippen LogP contribution >= 0.6 is 11.8 Å². The van der Waals surface area contributed by atoms with Gasteiger partial charge in [-0.3, -0.25) is 4.79 Å². The predicted octanol–water partition coefficient (Wildman–Crippen LogP) is 1.17. The van der Waals surface area contributed by atoms with E-state index in [1.54, 1.807) is 0 Å². The molecule has 9 heteroatoms. The van der Waals surface area contributed by atoms with E-state index in [0.717, 1.165) is 0 Å². The number of carboxylic acid groups (broad SMARTS) is 1. The maximum absolute atomic E-state index is 12.3. The van der Waals surface area contributed by atoms with Gasteiger partial charge >= 0.3 is 12.1 Å². The van der Waals surface area contributed by atoms with Gasteiger partial charge in [-0.05, 0) is 0 Å². The molecule has 1 atom stereocenters. The summed E-state index contributed by atoms with van der Waals surface area (Å²) in [4.78, 5) is 14.1. The van der Waals surface area contributed by atoms with Gasteiger partial charge in [-0.2, -0.15) is 18.3 Å². The van der Waals surface area contributed by atoms with Crippen molar-refractivity contribution in [1.82, 2.24) is 14.8 Å². The highest BCUT2D eigenvalue weighted by Gasteiger charge is 2.45. The smallest absolute Gasteiger partial charge is 0.403 e. The van der Waals surface area contributed by atoms with E-state index in [1.165, 1.54) is 18.1 Å². The first-order valence-corrected chi connectivity index (χ1v) is 5.07. The van der Waals surface area contributed by atoms with Gasteiger partial charge in [0.25, 0.3) is 0 Å². The fourth-order valence-electron chi connectivity index (χ4n) is 0.880. The number of rotatable bonds is 4. The third-order valence-corrected chi connectivity index (χ3v) is 2.87. The quantitative estimate of drug-likeness (QED) is 0.818. The van der Waals surface area contributed by atoms with Crippen molar-refractivity contribution in [3.05, 3.63) is 6.33 Å². The summed E-state index contributed by atoms with van der Waals surface area (Å²) in [5.41, 5.74) is 0. The molecule has 5 nitrogen and oxygen atoms in total. The Kier molecular flexibility index (Phi) is 3.79. The Morgan fingerprint density at radius 3 is 2.69 bits per heavy atom. The number of carbonyl (C=O) groups is 1. The van der Waals surface area contributed by atoms with Crippen molar-refractivity contribution in [2.24, 2.45) is 13.0 Å². The minimum absolute atomic E-state index is 0.246. The lowest BCUT2D eigenvalue weighted by atomic mass is 10.2. The Labute approximate surface area is 92.7 Å². The van der Waals surface area contributed by atoms with Crippen LogP contribution in [0.2, 0.25) is 0 Å². The molecule has 0 aliphatic rings. The maximum atomic E-state index is 12.3. The van der Waals surface area contributed by atoms with Gasteiger partial charge in [-0.15, -0.1) is 0 Å². The van der Waals surface area contributed by atoms with Crippen LogP contribution < -0.4 is 0 Å². The van der Waals surface area contributed by atoms with Crippen molar-refractivity contribution in [1.29, 1.82) is 0 Å². The summed E-state index contributed by atoms with van der Waals surface area (Å²) in [7, 11) is 1.51. The molecule has 0 bridgehead atoms. The van der Waals surface area contributed by atoms with Gasteiger partial charge in [0.05, 0.1) is 0 Å². The molecule has 0 spiro atoms. The van der Waals surface area contributed by atoms with Crippen molar-refractivity contribution in [2.45, 2.75) is 11.3 Å². The van der Waals surface area contributed by atoms with Crippen LogP contribution in [0.5, 0.6) is 0 Å². The van der Waals surface area contributed by atoms with Crippen LogP contribution in [0.3, 0.4) is 0 Å². The SMILES string of the molecule is Cn1ncnc1SCC(C(=O)O)C(F)(F)F. The summed E-state index contributed by atoms with van der Waals surface area (Å²) >= 11 is 0.706. The molecule has 1 aromatic rings. The molecule has 0 amide bonds. The minimum atomic E-state index is -4.75. The number of halogens is 3. The lowest BCUT2D eigenvalue weighted by Gasteiger charge is -2.14. The highest BCUT2D eigenvalue weighted by Crippen LogP contribution is 2.31. The lowest BCUT2D eigenvalue weighted by Crippen LogP contribution is -2.32. The minimum Gasteiger partial charge on any atom is -0.481 e. The molecule has 0 aliphatic heterocycles. The van der Waals surface area contributed by atoms with Gasteiger partial charge in [-0.25, -0.2) is 9.67 Å². The molecule has 0 fully saturated rings. The van der Waals surface area contributed by atoms with Crippen LogP contribution in [0.25, 0.3) is 0 Å². The molecule has 1 N–H and O–H groups in total. The molecule has 0 aromatic carbocycles. The highest BCUT2D eigenvalue weighted by atomic mass is 32.2. The predicted molar refractivity (Wildman–Crippen MR) is 48.9 cm³/mol. The standard InChI is InChI=1S/C7H8F3N3O2S/c1-13-6(11-3-12-13)16-2-4(5(14)15)7(8,9)10/h3-4H,2H2,1H3,(H,14,15). The largest absolute Gasteiger partial charge is 0.481 e. The average Bonchev–Trinajstić information content (AvgIpc) is 2.49. The van der Waals surface area contributed by atoms with Gasteiger partial charge in [0.2, 0.25) is 0 Å². The average molecular weight is 255 g/mol. The molecule has 1 unspecified atom stereocenters. The van der Waals surface area contributed by atoms with Crippen LogP contribution in [0.1, 0.15) is 0 Å². The molecular weight excluding hydrogens is 247 g/mol. The first-order valence-electron chi connectivity index (χ1n) is 4.08. The van der Waals surface area contributed by atoms with E-state index in [0.29, 0.717) is 11.8 Å². The van der Waals surface area contributed by atoms with E-state index in [1.807, 2.05) is 0 Å². The van der Waals surface area contributed by atoms with Gasteiger partial charge in [0.15, 0.2) is 11.1 Å². The number of aliphatic carboxylic acids is 1. The van der Waals surface area contributed by atoms with Crippen LogP contribution in [-0.2, 0) is 11.8 Å². The molecule has 0 aliphatic carbocycles. The number of hydrogen-bond donors (Lipinski definition) is 1. The lowest BCUT2D eigenvalue weighted by molar-refractivity contribution is -0.188. The molecule has 0 radical (unpaired) electrons. The number of thioether (sulfide) groups is 1. The number of aromatic nitrogens is 3. The Balaban J connectivity index is 2.65. The monoisotopic (exact) mass is 255 g/mol. The second-order valence-corrected chi connectivity index (χ2v) is 3.90. The number of alkyl halides is 3. The Hall–Kier alpha value is -1.25. The second-order valence-electron chi connectivity index (χ2n) is 2.91. The van der Waals surface area contributed by atoms with Crippen LogP contribution in [0, 0.1) is 5.92 Å². The zero-order valence-corrected chi connectivity index (χ0v) is 8.92. The normalized spacial score (nSPS) is 13.8. The van der Waals surface area contributed by atoms with Gasteiger partial charge < -0.3 is 5.11 Å². The van der Waals surface area contributed by atoms with Crippen LogP contribution in [0.4, 0.5) is 13.2 Å². The van der Waals surface area contributed by atoms with Gasteiger partial charge in [0.1, 0.15) is 6.33 Å². The van der Waals surface area contributed by atoms with Crippen molar-refractivity contribution in [2.75, 3.05) is 5.75 Å². The van der Waals surface area contributed by atoms with E-state index in [9.17, 15) is 18.0 Å². The first-order chi connectivity index (χ1) is 7.32. The Morgan fingerprint density at radius 1 is 1.69 bits per heavy atom. The van der Waals surface area contributed by atoms with Crippen LogP contribution in [0.15, 0.2) is 11.5 Å². The Bertz CT molecular complexity index is 379. The van der Waals surface area contributed by atoms with Gasteiger partial charge in [0, 0.05) is 12.8 Å². The summed E-state index contributed by atoms with van der Waals surface area (Å²) in [5.74, 6) is -4.90. The fourth-order valence-corrected chi connectivity index (χ4v) is 1.88. The zero-order chi connectivity index (χ0) is 12.3. The van der Waals surface area contributed by atoms with Crippen molar-refractivity contribution < 1.29 is 23.1 Å². The summed E-state index contributed by atoms with van der Waals surface area (Å²) in [6.07, 6.45) is -3.57. The Morgan fingerprint density at radius 2 is 2.31 bits per heavy atom. The number of carboxylic acids is 1. The molecule has 90 valence electrons. The molecule has 1 rings (SSSR count). The fraction of sp³-hybridized carbons (Fsp3) is 0.571. The summed E-state index contributed by atoms with van der Waals surface area (Å²) in [6.45, 7) is 0. The first kappa shape index (κ1) is 12.8. The van der Waals surface area contributed by atoms with Crippen molar-refractivity contribution >= 4 is 17.7 Å². The van der Waals surface area contributed by atoms with Gasteiger partial charge in [-0.1, -0.05) is 11.8 Å². The molecule has 0 saturated heterocycles. The molecular formula is C7H8F3N3O2S. The number of nitrogens with zero attached hydrogens (tertiary/aromatic N) is 3. The maximum Gasteiger partial charge on any atom is 0.403 e. The van der Waals surface area contributed by atoms with Crippen molar-refractivity contribution in [3.8, 4) is 0 Å². The second kappa shape index (κ2) is 4.73. The third kappa shape index (κ3) is 3.12. The third-order valence-electron chi connectivity index (χ3n) is 1.74. The van der Waals surface area contributed by atoms with Crippen molar-refractivity contribution in [3.63, 3.8) is 0 Å². The molecule has 1 heterocycles.